The Kier molecular flexibility index (Phi) is 3.01. The fraction of sp³-hybridized carbons (Fsp3) is 0. The Labute approximate surface area is 92.1 Å². The highest BCUT2D eigenvalue weighted by atomic mass is 79.9. The smallest absolute Gasteiger partial charge is 0.295 e. The summed E-state index contributed by atoms with van der Waals surface area (Å²) in [7, 11) is -4.22. The predicted octanol–water partition coefficient (Wildman–Crippen LogP) is 2.04. The lowest BCUT2D eigenvalue weighted by Gasteiger charge is -2.03. The van der Waals surface area contributed by atoms with Crippen LogP contribution < -0.4 is 5.73 Å². The zero-order chi connectivity index (χ0) is 10.2. The molecule has 1 aromatic rings. The second kappa shape index (κ2) is 3.56. The molecule has 0 aliphatic rings. The normalized spacial score (nSPS) is 11.6. The van der Waals surface area contributed by atoms with Gasteiger partial charge in [-0.1, -0.05) is 0 Å². The van der Waals surface area contributed by atoms with Gasteiger partial charge in [0.15, 0.2) is 0 Å². The number of rotatable bonds is 1. The van der Waals surface area contributed by atoms with E-state index in [0.29, 0.717) is 4.47 Å². The van der Waals surface area contributed by atoms with E-state index in [1.807, 2.05) is 0 Å². The fourth-order valence-electron chi connectivity index (χ4n) is 0.743. The van der Waals surface area contributed by atoms with Crippen LogP contribution in [0.3, 0.4) is 0 Å². The van der Waals surface area contributed by atoms with Crippen molar-refractivity contribution in [3.63, 3.8) is 0 Å². The van der Waals surface area contributed by atoms with E-state index in [4.69, 9.17) is 10.3 Å². The second-order valence-electron chi connectivity index (χ2n) is 2.28. The molecule has 1 aromatic carbocycles. The largest absolute Gasteiger partial charge is 0.398 e. The number of halogens is 2. The molecule has 72 valence electrons. The molecule has 4 nitrogen and oxygen atoms in total. The van der Waals surface area contributed by atoms with Crippen molar-refractivity contribution in [2.24, 2.45) is 0 Å². The summed E-state index contributed by atoms with van der Waals surface area (Å²) in [6, 6.07) is 2.63. The molecule has 0 heterocycles. The fourth-order valence-corrected chi connectivity index (χ4v) is 2.93. The van der Waals surface area contributed by atoms with Crippen LogP contribution in [0.15, 0.2) is 26.0 Å². The van der Waals surface area contributed by atoms with Crippen LogP contribution in [0.4, 0.5) is 5.69 Å². The molecule has 1 rings (SSSR count). The van der Waals surface area contributed by atoms with E-state index >= 15 is 0 Å². The van der Waals surface area contributed by atoms with E-state index in [1.54, 1.807) is 0 Å². The maximum atomic E-state index is 10.8. The van der Waals surface area contributed by atoms with E-state index < -0.39 is 10.1 Å². The highest BCUT2D eigenvalue weighted by molar-refractivity contribution is 9.11. The molecular formula is C6H5Br2NO3S. The lowest BCUT2D eigenvalue weighted by Crippen LogP contribution is -2.01. The van der Waals surface area contributed by atoms with Crippen LogP contribution in [0.1, 0.15) is 0 Å². The summed E-state index contributed by atoms with van der Waals surface area (Å²) < 4.78 is 31.1. The Balaban J connectivity index is 3.50. The molecule has 0 atom stereocenters. The highest BCUT2D eigenvalue weighted by Gasteiger charge is 2.15. The first-order valence-corrected chi connectivity index (χ1v) is 6.07. The van der Waals surface area contributed by atoms with Crippen molar-refractivity contribution in [3.05, 3.63) is 21.1 Å². The Morgan fingerprint density at radius 3 is 2.23 bits per heavy atom. The van der Waals surface area contributed by atoms with Crippen molar-refractivity contribution in [1.82, 2.24) is 0 Å². The van der Waals surface area contributed by atoms with Gasteiger partial charge in [0.25, 0.3) is 10.1 Å². The number of hydrogen-bond acceptors (Lipinski definition) is 3. The van der Waals surface area contributed by atoms with Crippen LogP contribution >= 0.6 is 31.9 Å². The quantitative estimate of drug-likeness (QED) is 0.610. The van der Waals surface area contributed by atoms with Crippen LogP contribution in [-0.2, 0) is 10.1 Å². The van der Waals surface area contributed by atoms with Crippen molar-refractivity contribution in [2.45, 2.75) is 4.90 Å². The summed E-state index contributed by atoms with van der Waals surface area (Å²) >= 11 is 6.11. The van der Waals surface area contributed by atoms with Gasteiger partial charge in [-0.3, -0.25) is 4.55 Å². The van der Waals surface area contributed by atoms with Gasteiger partial charge >= 0.3 is 0 Å². The van der Waals surface area contributed by atoms with Crippen LogP contribution in [0.25, 0.3) is 0 Å². The van der Waals surface area contributed by atoms with Gasteiger partial charge in [0.2, 0.25) is 0 Å². The van der Waals surface area contributed by atoms with Gasteiger partial charge in [-0.05, 0) is 44.0 Å². The average Bonchev–Trinajstić information content (AvgIpc) is 1.94. The molecule has 0 fully saturated rings. The Hall–Kier alpha value is -0.110. The maximum Gasteiger partial charge on any atom is 0.295 e. The summed E-state index contributed by atoms with van der Waals surface area (Å²) in [5.41, 5.74) is 5.69. The lowest BCUT2D eigenvalue weighted by atomic mass is 10.3. The van der Waals surface area contributed by atoms with E-state index in [9.17, 15) is 8.42 Å². The minimum atomic E-state index is -4.22. The number of benzene rings is 1. The van der Waals surface area contributed by atoms with Crippen LogP contribution in [0, 0.1) is 0 Å². The Morgan fingerprint density at radius 2 is 1.77 bits per heavy atom. The molecule has 0 radical (unpaired) electrons. The summed E-state index contributed by atoms with van der Waals surface area (Å²) in [6.45, 7) is 0. The molecule has 0 bridgehead atoms. The minimum absolute atomic E-state index is 0.242. The standard InChI is InChI=1S/C6H5Br2NO3S/c7-3-1-4(8)6(2-5(3)9)13(10,11)12/h1-2H,9H2,(H,10,11,12). The van der Waals surface area contributed by atoms with Gasteiger partial charge in [-0.15, -0.1) is 0 Å². The zero-order valence-corrected chi connectivity index (χ0v) is 10.1. The summed E-state index contributed by atoms with van der Waals surface area (Å²) in [6.07, 6.45) is 0. The minimum Gasteiger partial charge on any atom is -0.398 e. The van der Waals surface area contributed by atoms with Crippen LogP contribution in [-0.4, -0.2) is 13.0 Å². The van der Waals surface area contributed by atoms with E-state index in [0.717, 1.165) is 0 Å². The molecule has 0 spiro atoms. The first kappa shape index (κ1) is 11.0. The number of anilines is 1. The Morgan fingerprint density at radius 1 is 1.23 bits per heavy atom. The molecule has 0 unspecified atom stereocenters. The van der Waals surface area contributed by atoms with Gasteiger partial charge in [-0.25, -0.2) is 0 Å². The molecule has 0 saturated carbocycles. The SMILES string of the molecule is Nc1cc(S(=O)(=O)O)c(Br)cc1Br. The first-order chi connectivity index (χ1) is 5.82. The maximum absolute atomic E-state index is 10.8. The predicted molar refractivity (Wildman–Crippen MR) is 56.1 cm³/mol. The number of hydrogen-bond donors (Lipinski definition) is 2. The lowest BCUT2D eigenvalue weighted by molar-refractivity contribution is 0.482. The summed E-state index contributed by atoms with van der Waals surface area (Å²) in [5.74, 6) is 0. The van der Waals surface area contributed by atoms with Crippen molar-refractivity contribution in [2.75, 3.05) is 5.73 Å². The van der Waals surface area contributed by atoms with Crippen molar-refractivity contribution in [1.29, 1.82) is 0 Å². The third-order valence-electron chi connectivity index (χ3n) is 1.33. The van der Waals surface area contributed by atoms with Gasteiger partial charge < -0.3 is 5.73 Å². The molecule has 3 N–H and O–H groups in total. The monoisotopic (exact) mass is 329 g/mol. The number of nitrogen functional groups attached to an aromatic ring is 1. The molecule has 0 aliphatic heterocycles. The number of nitrogens with two attached hydrogens (primary N) is 1. The van der Waals surface area contributed by atoms with Gasteiger partial charge in [-0.2, -0.15) is 8.42 Å². The third-order valence-corrected chi connectivity index (χ3v) is 3.83. The third kappa shape index (κ3) is 2.43. The molecule has 0 saturated heterocycles. The van der Waals surface area contributed by atoms with Crippen molar-refractivity contribution >= 4 is 47.7 Å². The molecule has 0 amide bonds. The summed E-state index contributed by atoms with van der Waals surface area (Å²) in [5, 5.41) is 0. The highest BCUT2D eigenvalue weighted by Crippen LogP contribution is 2.30. The van der Waals surface area contributed by atoms with Crippen molar-refractivity contribution < 1.29 is 13.0 Å². The first-order valence-electron chi connectivity index (χ1n) is 3.04. The van der Waals surface area contributed by atoms with Crippen LogP contribution in [0.5, 0.6) is 0 Å². The Bertz CT molecular complexity index is 443. The van der Waals surface area contributed by atoms with E-state index in [-0.39, 0.29) is 15.1 Å². The molecule has 7 heteroatoms. The summed E-state index contributed by atoms with van der Waals surface area (Å²) in [4.78, 5) is -0.242. The van der Waals surface area contributed by atoms with Crippen LogP contribution in [0.2, 0.25) is 0 Å². The van der Waals surface area contributed by atoms with E-state index in [1.165, 1.54) is 12.1 Å². The van der Waals surface area contributed by atoms with E-state index in [2.05, 4.69) is 31.9 Å². The van der Waals surface area contributed by atoms with Gasteiger partial charge in [0, 0.05) is 14.6 Å². The van der Waals surface area contributed by atoms with Gasteiger partial charge in [0.1, 0.15) is 4.90 Å². The average molecular weight is 331 g/mol. The van der Waals surface area contributed by atoms with Crippen molar-refractivity contribution in [3.8, 4) is 0 Å². The topological polar surface area (TPSA) is 80.4 Å². The molecular weight excluding hydrogens is 326 g/mol. The molecule has 13 heavy (non-hydrogen) atoms. The zero-order valence-electron chi connectivity index (χ0n) is 6.16. The molecule has 0 aromatic heterocycles. The second-order valence-corrected chi connectivity index (χ2v) is 5.38. The van der Waals surface area contributed by atoms with Gasteiger partial charge in [0.05, 0.1) is 0 Å². The molecule has 0 aliphatic carbocycles.